The monoisotopic (exact) mass is 295 g/mol. The molecule has 1 fully saturated rings. The fraction of sp³-hybridized carbons (Fsp3) is 0.692. The van der Waals surface area contributed by atoms with Crippen LogP contribution in [0.25, 0.3) is 0 Å². The second-order valence-electron chi connectivity index (χ2n) is 5.43. The van der Waals surface area contributed by atoms with Crippen molar-refractivity contribution in [2.24, 2.45) is 5.41 Å². The Kier molecular flexibility index (Phi) is 4.89. The normalized spacial score (nSPS) is 16.7. The summed E-state index contributed by atoms with van der Waals surface area (Å²) < 4.78 is 0. The Hall–Kier alpha value is -1.96. The lowest BCUT2D eigenvalue weighted by Crippen LogP contribution is -2.31. The molecule has 21 heavy (non-hydrogen) atoms. The summed E-state index contributed by atoms with van der Waals surface area (Å²) in [6, 6.07) is 0. The smallest absolute Gasteiger partial charge is 0.329 e. The Bertz CT molecular complexity index is 503. The molecule has 1 aromatic rings. The van der Waals surface area contributed by atoms with Gasteiger partial charge in [-0.05, 0) is 19.8 Å². The predicted molar refractivity (Wildman–Crippen MR) is 79.3 cm³/mol. The van der Waals surface area contributed by atoms with Crippen LogP contribution in [0.5, 0.6) is 0 Å². The molecule has 8 heteroatoms. The number of aromatic nitrogens is 2. The first kappa shape index (κ1) is 15.4. The Balaban J connectivity index is 2.16. The van der Waals surface area contributed by atoms with Crippen LogP contribution in [0.15, 0.2) is 6.20 Å². The van der Waals surface area contributed by atoms with E-state index in [-0.39, 0.29) is 23.5 Å². The standard InChI is InChI=1S/C13H21N5O3/c1-2-14-12-15-7-10(18(20)21)11(17-12)16-8-13(9-19)5-3-4-6-13/h7,19H,2-6,8-9H2,1H3,(H2,14,15,16,17). The molecule has 0 amide bonds. The van der Waals surface area contributed by atoms with Gasteiger partial charge in [0.05, 0.1) is 11.5 Å². The van der Waals surface area contributed by atoms with Crippen LogP contribution in [0.1, 0.15) is 32.6 Å². The molecule has 3 N–H and O–H groups in total. The molecule has 1 aliphatic rings. The van der Waals surface area contributed by atoms with Crippen LogP contribution in [0, 0.1) is 15.5 Å². The molecule has 2 rings (SSSR count). The lowest BCUT2D eigenvalue weighted by Gasteiger charge is -2.26. The third-order valence-corrected chi connectivity index (χ3v) is 3.93. The van der Waals surface area contributed by atoms with Crippen molar-refractivity contribution < 1.29 is 10.0 Å². The number of anilines is 2. The van der Waals surface area contributed by atoms with Crippen LogP contribution in [-0.4, -0.2) is 39.7 Å². The molecule has 116 valence electrons. The van der Waals surface area contributed by atoms with Crippen LogP contribution >= 0.6 is 0 Å². The molecule has 1 aliphatic carbocycles. The number of aliphatic hydroxyl groups is 1. The zero-order valence-corrected chi connectivity index (χ0v) is 12.1. The van der Waals surface area contributed by atoms with Crippen molar-refractivity contribution in [3.8, 4) is 0 Å². The predicted octanol–water partition coefficient (Wildman–Crippen LogP) is 1.78. The maximum absolute atomic E-state index is 11.1. The molecule has 0 radical (unpaired) electrons. The van der Waals surface area contributed by atoms with Crippen LogP contribution in [-0.2, 0) is 0 Å². The van der Waals surface area contributed by atoms with Crippen molar-refractivity contribution in [2.75, 3.05) is 30.3 Å². The van der Waals surface area contributed by atoms with Crippen molar-refractivity contribution in [3.05, 3.63) is 16.3 Å². The minimum atomic E-state index is -0.502. The molecular weight excluding hydrogens is 274 g/mol. The van der Waals surface area contributed by atoms with Crippen LogP contribution in [0.3, 0.4) is 0 Å². The van der Waals surface area contributed by atoms with E-state index in [0.29, 0.717) is 19.0 Å². The second kappa shape index (κ2) is 6.66. The van der Waals surface area contributed by atoms with E-state index < -0.39 is 4.92 Å². The molecule has 0 bridgehead atoms. The van der Waals surface area contributed by atoms with E-state index in [1.54, 1.807) is 0 Å². The van der Waals surface area contributed by atoms with Gasteiger partial charge in [-0.15, -0.1) is 0 Å². The first-order valence-electron chi connectivity index (χ1n) is 7.20. The highest BCUT2D eigenvalue weighted by Crippen LogP contribution is 2.38. The minimum Gasteiger partial charge on any atom is -0.396 e. The summed E-state index contributed by atoms with van der Waals surface area (Å²) in [5, 5.41) is 26.6. The van der Waals surface area contributed by atoms with Gasteiger partial charge in [-0.3, -0.25) is 10.1 Å². The zero-order valence-electron chi connectivity index (χ0n) is 12.1. The molecule has 0 spiro atoms. The topological polar surface area (TPSA) is 113 Å². The van der Waals surface area contributed by atoms with Gasteiger partial charge in [0, 0.05) is 18.5 Å². The van der Waals surface area contributed by atoms with Gasteiger partial charge in [0.2, 0.25) is 11.8 Å². The Labute approximate surface area is 123 Å². The summed E-state index contributed by atoms with van der Waals surface area (Å²) in [7, 11) is 0. The molecule has 8 nitrogen and oxygen atoms in total. The summed E-state index contributed by atoms with van der Waals surface area (Å²) in [5.74, 6) is 0.556. The van der Waals surface area contributed by atoms with Crippen molar-refractivity contribution in [3.63, 3.8) is 0 Å². The van der Waals surface area contributed by atoms with Crippen molar-refractivity contribution in [1.29, 1.82) is 0 Å². The third kappa shape index (κ3) is 3.57. The molecular formula is C13H21N5O3. The van der Waals surface area contributed by atoms with Gasteiger partial charge >= 0.3 is 5.69 Å². The Morgan fingerprint density at radius 2 is 2.14 bits per heavy atom. The molecule has 0 aromatic carbocycles. The first-order valence-corrected chi connectivity index (χ1v) is 7.20. The lowest BCUT2D eigenvalue weighted by molar-refractivity contribution is -0.384. The molecule has 0 atom stereocenters. The number of hydrogen-bond acceptors (Lipinski definition) is 7. The highest BCUT2D eigenvalue weighted by Gasteiger charge is 2.33. The summed E-state index contributed by atoms with van der Waals surface area (Å²) in [5.41, 5.74) is -0.347. The summed E-state index contributed by atoms with van der Waals surface area (Å²) in [4.78, 5) is 18.6. The highest BCUT2D eigenvalue weighted by molar-refractivity contribution is 5.57. The maximum atomic E-state index is 11.1. The zero-order chi connectivity index (χ0) is 15.3. The first-order chi connectivity index (χ1) is 10.1. The minimum absolute atomic E-state index is 0.0823. The molecule has 1 heterocycles. The van der Waals surface area contributed by atoms with E-state index in [2.05, 4.69) is 20.6 Å². The highest BCUT2D eigenvalue weighted by atomic mass is 16.6. The average molecular weight is 295 g/mol. The summed E-state index contributed by atoms with van der Waals surface area (Å²) >= 11 is 0. The number of hydrogen-bond donors (Lipinski definition) is 3. The SMILES string of the molecule is CCNc1ncc([N+](=O)[O-])c(NCC2(CO)CCCC2)n1. The third-order valence-electron chi connectivity index (χ3n) is 3.93. The molecule has 1 saturated carbocycles. The van der Waals surface area contributed by atoms with Crippen molar-refractivity contribution in [1.82, 2.24) is 9.97 Å². The van der Waals surface area contributed by atoms with E-state index in [1.807, 2.05) is 6.92 Å². The average Bonchev–Trinajstić information content (AvgIpc) is 2.95. The largest absolute Gasteiger partial charge is 0.396 e. The van der Waals surface area contributed by atoms with Crippen molar-refractivity contribution in [2.45, 2.75) is 32.6 Å². The fourth-order valence-electron chi connectivity index (χ4n) is 2.67. The van der Waals surface area contributed by atoms with Gasteiger partial charge in [-0.25, -0.2) is 4.98 Å². The van der Waals surface area contributed by atoms with Crippen LogP contribution in [0.4, 0.5) is 17.5 Å². The number of nitrogens with one attached hydrogen (secondary N) is 2. The van der Waals surface area contributed by atoms with E-state index in [1.165, 1.54) is 6.20 Å². The molecule has 0 saturated heterocycles. The lowest BCUT2D eigenvalue weighted by atomic mass is 9.87. The number of rotatable bonds is 7. The van der Waals surface area contributed by atoms with Gasteiger partial charge in [0.25, 0.3) is 0 Å². The maximum Gasteiger partial charge on any atom is 0.329 e. The second-order valence-corrected chi connectivity index (χ2v) is 5.43. The van der Waals surface area contributed by atoms with Gasteiger partial charge in [-0.1, -0.05) is 12.8 Å². The molecule has 0 unspecified atom stereocenters. The number of aliphatic hydroxyl groups excluding tert-OH is 1. The van der Waals surface area contributed by atoms with E-state index in [9.17, 15) is 15.2 Å². The van der Waals surface area contributed by atoms with Gasteiger partial charge < -0.3 is 15.7 Å². The number of nitro groups is 1. The van der Waals surface area contributed by atoms with E-state index in [4.69, 9.17) is 0 Å². The van der Waals surface area contributed by atoms with Crippen molar-refractivity contribution >= 4 is 17.5 Å². The number of nitrogens with zero attached hydrogens (tertiary/aromatic N) is 3. The quantitative estimate of drug-likeness (QED) is 0.519. The van der Waals surface area contributed by atoms with Gasteiger partial charge in [0.1, 0.15) is 6.20 Å². The summed E-state index contributed by atoms with van der Waals surface area (Å²) in [6.07, 6.45) is 5.21. The molecule has 0 aliphatic heterocycles. The van der Waals surface area contributed by atoms with E-state index in [0.717, 1.165) is 25.7 Å². The molecule has 1 aromatic heterocycles. The van der Waals surface area contributed by atoms with Crippen LogP contribution in [0.2, 0.25) is 0 Å². The van der Waals surface area contributed by atoms with E-state index >= 15 is 0 Å². The summed E-state index contributed by atoms with van der Waals surface area (Å²) in [6.45, 7) is 3.10. The van der Waals surface area contributed by atoms with Gasteiger partial charge in [0.15, 0.2) is 0 Å². The fourth-order valence-corrected chi connectivity index (χ4v) is 2.67. The van der Waals surface area contributed by atoms with Gasteiger partial charge in [-0.2, -0.15) is 4.98 Å². The van der Waals surface area contributed by atoms with Crippen LogP contribution < -0.4 is 10.6 Å². The Morgan fingerprint density at radius 3 is 2.71 bits per heavy atom. The Morgan fingerprint density at radius 1 is 1.43 bits per heavy atom.